The summed E-state index contributed by atoms with van der Waals surface area (Å²) in [5.74, 6) is -0.527. The zero-order chi connectivity index (χ0) is 14.9. The van der Waals surface area contributed by atoms with Gasteiger partial charge in [-0.15, -0.1) is 0 Å². The van der Waals surface area contributed by atoms with Crippen LogP contribution in [-0.2, 0) is 10.0 Å². The molecule has 20 heavy (non-hydrogen) atoms. The molecule has 4 nitrogen and oxygen atoms in total. The van der Waals surface area contributed by atoms with Crippen LogP contribution in [0.5, 0.6) is 0 Å². The third-order valence-corrected chi connectivity index (χ3v) is 5.62. The number of anilines is 2. The monoisotopic (exact) mass is 422 g/mol. The van der Waals surface area contributed by atoms with E-state index in [-0.39, 0.29) is 10.6 Å². The molecule has 2 rings (SSSR count). The van der Waals surface area contributed by atoms with Gasteiger partial charge in [0.25, 0.3) is 10.0 Å². The van der Waals surface area contributed by atoms with Crippen molar-refractivity contribution in [3.63, 3.8) is 0 Å². The highest BCUT2D eigenvalue weighted by Gasteiger charge is 2.22. The zero-order valence-electron chi connectivity index (χ0n) is 9.90. The summed E-state index contributed by atoms with van der Waals surface area (Å²) >= 11 is 6.32. The van der Waals surface area contributed by atoms with Crippen molar-refractivity contribution in [2.24, 2.45) is 0 Å². The summed E-state index contributed by atoms with van der Waals surface area (Å²) in [5, 5.41) is 0. The zero-order valence-corrected chi connectivity index (χ0v) is 13.9. The first kappa shape index (κ1) is 15.3. The van der Waals surface area contributed by atoms with E-state index >= 15 is 0 Å². The Morgan fingerprint density at radius 3 is 2.25 bits per heavy atom. The molecule has 0 saturated heterocycles. The maximum atomic E-state index is 13.1. The summed E-state index contributed by atoms with van der Waals surface area (Å²) in [4.78, 5) is -0.00374. The minimum atomic E-state index is -3.87. The second kappa shape index (κ2) is 5.71. The second-order valence-electron chi connectivity index (χ2n) is 3.93. The SMILES string of the molecule is Nc1cc(Br)c(S(=O)(=O)Nc2cccc(F)c2)c(Br)c1. The molecule has 0 bridgehead atoms. The summed E-state index contributed by atoms with van der Waals surface area (Å²) in [6.45, 7) is 0. The first-order valence-electron chi connectivity index (χ1n) is 5.32. The summed E-state index contributed by atoms with van der Waals surface area (Å²) < 4.78 is 40.7. The molecule has 0 aliphatic heterocycles. The highest BCUT2D eigenvalue weighted by Crippen LogP contribution is 2.33. The van der Waals surface area contributed by atoms with E-state index in [1.807, 2.05) is 0 Å². The van der Waals surface area contributed by atoms with Crippen molar-refractivity contribution in [2.45, 2.75) is 4.90 Å². The molecule has 2 aromatic carbocycles. The molecule has 0 radical (unpaired) electrons. The number of nitrogens with two attached hydrogens (primary N) is 1. The highest BCUT2D eigenvalue weighted by atomic mass is 79.9. The number of nitrogens with one attached hydrogen (secondary N) is 1. The van der Waals surface area contributed by atoms with Crippen LogP contribution in [0.2, 0.25) is 0 Å². The van der Waals surface area contributed by atoms with Gasteiger partial charge in [0, 0.05) is 14.6 Å². The molecular weight excluding hydrogens is 415 g/mol. The van der Waals surface area contributed by atoms with Crippen LogP contribution in [0.15, 0.2) is 50.2 Å². The first-order valence-corrected chi connectivity index (χ1v) is 8.39. The molecule has 0 amide bonds. The van der Waals surface area contributed by atoms with Gasteiger partial charge in [-0.2, -0.15) is 0 Å². The molecule has 0 heterocycles. The van der Waals surface area contributed by atoms with E-state index in [0.717, 1.165) is 6.07 Å². The lowest BCUT2D eigenvalue weighted by Crippen LogP contribution is -2.14. The number of benzene rings is 2. The number of rotatable bonds is 3. The molecule has 0 unspecified atom stereocenters. The van der Waals surface area contributed by atoms with Crippen LogP contribution in [0.25, 0.3) is 0 Å². The quantitative estimate of drug-likeness (QED) is 0.738. The first-order chi connectivity index (χ1) is 9.29. The average molecular weight is 424 g/mol. The predicted molar refractivity (Wildman–Crippen MR) is 83.5 cm³/mol. The summed E-state index contributed by atoms with van der Waals surface area (Å²) in [6.07, 6.45) is 0. The molecule has 0 spiro atoms. The number of hydrogen-bond acceptors (Lipinski definition) is 3. The molecule has 106 valence electrons. The average Bonchev–Trinajstić information content (AvgIpc) is 2.25. The van der Waals surface area contributed by atoms with Crippen molar-refractivity contribution in [3.05, 3.63) is 51.2 Å². The van der Waals surface area contributed by atoms with E-state index in [2.05, 4.69) is 36.6 Å². The minimum absolute atomic E-state index is 0.00374. The lowest BCUT2D eigenvalue weighted by Gasteiger charge is -2.12. The Labute approximate surface area is 132 Å². The van der Waals surface area contributed by atoms with Crippen molar-refractivity contribution in [2.75, 3.05) is 10.5 Å². The maximum Gasteiger partial charge on any atom is 0.264 e. The van der Waals surface area contributed by atoms with Gasteiger partial charge >= 0.3 is 0 Å². The van der Waals surface area contributed by atoms with Crippen LogP contribution in [0.1, 0.15) is 0 Å². The lowest BCUT2D eigenvalue weighted by atomic mass is 10.3. The molecule has 0 aromatic heterocycles. The Kier molecular flexibility index (Phi) is 4.36. The summed E-state index contributed by atoms with van der Waals surface area (Å²) in [7, 11) is -3.87. The van der Waals surface area contributed by atoms with E-state index in [1.165, 1.54) is 30.3 Å². The number of sulfonamides is 1. The fourth-order valence-corrected chi connectivity index (χ4v) is 5.27. The third kappa shape index (κ3) is 3.31. The van der Waals surface area contributed by atoms with Crippen LogP contribution >= 0.6 is 31.9 Å². The van der Waals surface area contributed by atoms with Crippen molar-refractivity contribution in [3.8, 4) is 0 Å². The van der Waals surface area contributed by atoms with Gasteiger partial charge in [-0.05, 0) is 62.2 Å². The molecule has 8 heteroatoms. The van der Waals surface area contributed by atoms with Gasteiger partial charge in [-0.3, -0.25) is 4.72 Å². The van der Waals surface area contributed by atoms with Crippen LogP contribution in [0, 0.1) is 5.82 Å². The van der Waals surface area contributed by atoms with E-state index in [0.29, 0.717) is 14.6 Å². The van der Waals surface area contributed by atoms with Gasteiger partial charge in [0.2, 0.25) is 0 Å². The van der Waals surface area contributed by atoms with Crippen LogP contribution in [0.4, 0.5) is 15.8 Å². The van der Waals surface area contributed by atoms with Crippen LogP contribution in [0.3, 0.4) is 0 Å². The van der Waals surface area contributed by atoms with Crippen LogP contribution < -0.4 is 10.5 Å². The normalized spacial score (nSPS) is 11.3. The maximum absolute atomic E-state index is 13.1. The van der Waals surface area contributed by atoms with E-state index in [9.17, 15) is 12.8 Å². The molecule has 0 fully saturated rings. The largest absolute Gasteiger partial charge is 0.399 e. The highest BCUT2D eigenvalue weighted by molar-refractivity contribution is 9.11. The van der Waals surface area contributed by atoms with Gasteiger partial charge in [-0.1, -0.05) is 6.07 Å². The number of halogens is 3. The van der Waals surface area contributed by atoms with Crippen molar-refractivity contribution in [1.29, 1.82) is 0 Å². The molecule has 0 aliphatic rings. The fourth-order valence-electron chi connectivity index (χ4n) is 1.59. The third-order valence-electron chi connectivity index (χ3n) is 2.37. The van der Waals surface area contributed by atoms with E-state index in [4.69, 9.17) is 5.73 Å². The Morgan fingerprint density at radius 2 is 1.70 bits per heavy atom. The van der Waals surface area contributed by atoms with Crippen molar-refractivity contribution in [1.82, 2.24) is 0 Å². The smallest absolute Gasteiger partial charge is 0.264 e. The van der Waals surface area contributed by atoms with E-state index in [1.54, 1.807) is 0 Å². The van der Waals surface area contributed by atoms with Crippen molar-refractivity contribution >= 4 is 53.3 Å². The second-order valence-corrected chi connectivity index (χ2v) is 7.26. The van der Waals surface area contributed by atoms with Crippen molar-refractivity contribution < 1.29 is 12.8 Å². The standard InChI is InChI=1S/C12H9Br2FN2O2S/c13-10-5-8(16)6-11(14)12(10)20(18,19)17-9-3-1-2-7(15)4-9/h1-6,17H,16H2. The molecule has 0 aliphatic carbocycles. The summed E-state index contributed by atoms with van der Waals surface area (Å²) in [5.41, 5.74) is 6.17. The lowest BCUT2D eigenvalue weighted by molar-refractivity contribution is 0.600. The van der Waals surface area contributed by atoms with Gasteiger partial charge in [0.1, 0.15) is 10.7 Å². The molecule has 2 aromatic rings. The van der Waals surface area contributed by atoms with Gasteiger partial charge < -0.3 is 5.73 Å². The predicted octanol–water partition coefficient (Wildman–Crippen LogP) is 3.73. The van der Waals surface area contributed by atoms with Gasteiger partial charge in [0.15, 0.2) is 0 Å². The number of nitrogen functional groups attached to an aromatic ring is 1. The Balaban J connectivity index is 2.46. The molecule has 0 atom stereocenters. The Bertz CT molecular complexity index is 743. The van der Waals surface area contributed by atoms with Gasteiger partial charge in [0.05, 0.1) is 5.69 Å². The fraction of sp³-hybridized carbons (Fsp3) is 0. The molecule has 3 N–H and O–H groups in total. The summed E-state index contributed by atoms with van der Waals surface area (Å²) in [6, 6.07) is 8.15. The molecule has 0 saturated carbocycles. The molecular formula is C12H9Br2FN2O2S. The minimum Gasteiger partial charge on any atom is -0.399 e. The van der Waals surface area contributed by atoms with E-state index < -0.39 is 15.8 Å². The van der Waals surface area contributed by atoms with Gasteiger partial charge in [-0.25, -0.2) is 12.8 Å². The van der Waals surface area contributed by atoms with Crippen LogP contribution in [-0.4, -0.2) is 8.42 Å². The Morgan fingerprint density at radius 1 is 1.10 bits per heavy atom. The topological polar surface area (TPSA) is 72.2 Å². The number of hydrogen-bond donors (Lipinski definition) is 2. The Hall–Kier alpha value is -1.12.